The van der Waals surface area contributed by atoms with Crippen molar-refractivity contribution in [2.75, 3.05) is 0 Å². The summed E-state index contributed by atoms with van der Waals surface area (Å²) in [5.74, 6) is -0.104. The third-order valence-electron chi connectivity index (χ3n) is 5.74. The van der Waals surface area contributed by atoms with E-state index in [1.165, 1.54) is 6.07 Å². The highest BCUT2D eigenvalue weighted by Crippen LogP contribution is 2.49. The highest BCUT2D eigenvalue weighted by Gasteiger charge is 2.52. The van der Waals surface area contributed by atoms with Crippen LogP contribution in [-0.4, -0.2) is 24.0 Å². The number of hydrogen-bond donors (Lipinski definition) is 2. The van der Waals surface area contributed by atoms with Gasteiger partial charge in [-0.3, -0.25) is 4.79 Å². The summed E-state index contributed by atoms with van der Waals surface area (Å²) in [4.78, 5) is 12.8. The maximum absolute atomic E-state index is 12.9. The Bertz CT molecular complexity index is 642. The number of alkyl halides is 3. The van der Waals surface area contributed by atoms with Crippen molar-refractivity contribution in [2.45, 2.75) is 68.2 Å². The van der Waals surface area contributed by atoms with Crippen molar-refractivity contribution in [1.82, 2.24) is 10.6 Å². The molecule has 2 saturated heterocycles. The van der Waals surface area contributed by atoms with E-state index in [-0.39, 0.29) is 11.9 Å². The van der Waals surface area contributed by atoms with Gasteiger partial charge in [0.15, 0.2) is 0 Å². The molecule has 1 aromatic rings. The van der Waals surface area contributed by atoms with E-state index >= 15 is 0 Å². The number of amides is 1. The minimum absolute atomic E-state index is 0.104. The van der Waals surface area contributed by atoms with Crippen molar-refractivity contribution < 1.29 is 18.0 Å². The average Bonchev–Trinajstić information content (AvgIpc) is 3.28. The standard InChI is InChI=1S/C18H21F3N2O/c19-18(20,21)12-3-1-2-11(8-12)17(6-7-17)16(24)23-15-9-13-4-5-14(10-15)22-13/h1-3,8,13-15,22H,4-7,9-10H2,(H,23,24). The first kappa shape index (κ1) is 15.9. The molecule has 2 bridgehead atoms. The smallest absolute Gasteiger partial charge is 0.352 e. The summed E-state index contributed by atoms with van der Waals surface area (Å²) in [6, 6.07) is 6.32. The third-order valence-corrected chi connectivity index (χ3v) is 5.74. The molecule has 0 aromatic heterocycles. The Kier molecular flexibility index (Phi) is 3.64. The van der Waals surface area contributed by atoms with Crippen LogP contribution in [0.3, 0.4) is 0 Å². The number of halogens is 3. The van der Waals surface area contributed by atoms with Gasteiger partial charge in [0.25, 0.3) is 0 Å². The van der Waals surface area contributed by atoms with Crippen LogP contribution in [0.25, 0.3) is 0 Å². The van der Waals surface area contributed by atoms with Crippen LogP contribution in [0.1, 0.15) is 49.7 Å². The molecule has 0 spiro atoms. The third kappa shape index (κ3) is 2.81. The first-order valence-corrected chi connectivity index (χ1v) is 8.62. The molecule has 2 atom stereocenters. The molecular formula is C18H21F3N2O. The molecule has 2 unspecified atom stereocenters. The fourth-order valence-corrected chi connectivity index (χ4v) is 4.26. The van der Waals surface area contributed by atoms with E-state index in [1.54, 1.807) is 6.07 Å². The summed E-state index contributed by atoms with van der Waals surface area (Å²) in [5.41, 5.74) is -0.948. The Labute approximate surface area is 139 Å². The lowest BCUT2D eigenvalue weighted by molar-refractivity contribution is -0.137. The average molecular weight is 338 g/mol. The molecule has 0 radical (unpaired) electrons. The largest absolute Gasteiger partial charge is 0.416 e. The van der Waals surface area contributed by atoms with Crippen molar-refractivity contribution in [3.05, 3.63) is 35.4 Å². The Balaban J connectivity index is 1.50. The number of carbonyl (C=O) groups is 1. The highest BCUT2D eigenvalue weighted by molar-refractivity contribution is 5.91. The Hall–Kier alpha value is -1.56. The molecule has 4 rings (SSSR count). The van der Waals surface area contributed by atoms with E-state index in [1.807, 2.05) is 0 Å². The Morgan fingerprint density at radius 1 is 1.17 bits per heavy atom. The monoisotopic (exact) mass is 338 g/mol. The van der Waals surface area contributed by atoms with E-state index in [0.717, 1.165) is 37.8 Å². The lowest BCUT2D eigenvalue weighted by Crippen LogP contribution is -2.50. The number of nitrogens with one attached hydrogen (secondary N) is 2. The summed E-state index contributed by atoms with van der Waals surface area (Å²) in [6.07, 6.45) is 1.00. The molecule has 3 nitrogen and oxygen atoms in total. The number of rotatable bonds is 3. The lowest BCUT2D eigenvalue weighted by atomic mass is 9.91. The molecule has 1 saturated carbocycles. The van der Waals surface area contributed by atoms with Gasteiger partial charge in [0.2, 0.25) is 5.91 Å². The van der Waals surface area contributed by atoms with Gasteiger partial charge in [0.1, 0.15) is 0 Å². The molecule has 6 heteroatoms. The first-order valence-electron chi connectivity index (χ1n) is 8.62. The zero-order valence-corrected chi connectivity index (χ0v) is 13.3. The lowest BCUT2D eigenvalue weighted by Gasteiger charge is -2.31. The van der Waals surface area contributed by atoms with E-state index in [2.05, 4.69) is 10.6 Å². The van der Waals surface area contributed by atoms with E-state index in [9.17, 15) is 18.0 Å². The van der Waals surface area contributed by atoms with Crippen LogP contribution in [0.4, 0.5) is 13.2 Å². The molecule has 130 valence electrons. The number of piperidine rings is 1. The zero-order valence-electron chi connectivity index (χ0n) is 13.3. The van der Waals surface area contributed by atoms with Crippen molar-refractivity contribution in [3.63, 3.8) is 0 Å². The van der Waals surface area contributed by atoms with E-state index in [4.69, 9.17) is 0 Å². The van der Waals surface area contributed by atoms with Crippen LogP contribution in [-0.2, 0) is 16.4 Å². The molecule has 2 N–H and O–H groups in total. The van der Waals surface area contributed by atoms with Crippen LogP contribution < -0.4 is 10.6 Å². The molecule has 2 aliphatic heterocycles. The fraction of sp³-hybridized carbons (Fsp3) is 0.611. The van der Waals surface area contributed by atoms with E-state index < -0.39 is 17.2 Å². The second kappa shape index (κ2) is 5.48. The van der Waals surface area contributed by atoms with Crippen LogP contribution >= 0.6 is 0 Å². The topological polar surface area (TPSA) is 41.1 Å². The minimum atomic E-state index is -4.38. The van der Waals surface area contributed by atoms with Gasteiger partial charge in [-0.05, 0) is 50.2 Å². The van der Waals surface area contributed by atoms with Crippen LogP contribution in [0.5, 0.6) is 0 Å². The normalized spacial score (nSPS) is 30.9. The Morgan fingerprint density at radius 3 is 2.42 bits per heavy atom. The molecule has 24 heavy (non-hydrogen) atoms. The maximum atomic E-state index is 12.9. The summed E-state index contributed by atoms with van der Waals surface area (Å²) < 4.78 is 38.8. The summed E-state index contributed by atoms with van der Waals surface area (Å²) in [6.45, 7) is 0. The highest BCUT2D eigenvalue weighted by atomic mass is 19.4. The number of carbonyl (C=O) groups excluding carboxylic acids is 1. The van der Waals surface area contributed by atoms with Gasteiger partial charge in [-0.2, -0.15) is 13.2 Å². The summed E-state index contributed by atoms with van der Waals surface area (Å²) in [5, 5.41) is 6.65. The second-order valence-corrected chi connectivity index (χ2v) is 7.44. The van der Waals surface area contributed by atoms with Crippen molar-refractivity contribution >= 4 is 5.91 Å². The SMILES string of the molecule is O=C(NC1CC2CCC(C1)N2)C1(c2cccc(C(F)(F)F)c2)CC1. The predicted molar refractivity (Wildman–Crippen MR) is 83.5 cm³/mol. The molecule has 2 heterocycles. The van der Waals surface area contributed by atoms with Crippen LogP contribution in [0, 0.1) is 0 Å². The molecular weight excluding hydrogens is 317 g/mol. The molecule has 1 aliphatic carbocycles. The zero-order chi connectivity index (χ0) is 16.9. The van der Waals surface area contributed by atoms with Crippen molar-refractivity contribution in [2.24, 2.45) is 0 Å². The van der Waals surface area contributed by atoms with Gasteiger partial charge in [0, 0.05) is 18.1 Å². The molecule has 3 aliphatic rings. The van der Waals surface area contributed by atoms with Gasteiger partial charge in [0.05, 0.1) is 11.0 Å². The summed E-state index contributed by atoms with van der Waals surface area (Å²) in [7, 11) is 0. The van der Waals surface area contributed by atoms with Gasteiger partial charge in [-0.1, -0.05) is 18.2 Å². The number of benzene rings is 1. The predicted octanol–water partition coefficient (Wildman–Crippen LogP) is 3.14. The van der Waals surface area contributed by atoms with Gasteiger partial charge < -0.3 is 10.6 Å². The maximum Gasteiger partial charge on any atom is 0.416 e. The fourth-order valence-electron chi connectivity index (χ4n) is 4.26. The number of fused-ring (bicyclic) bond motifs is 2. The first-order chi connectivity index (χ1) is 11.4. The van der Waals surface area contributed by atoms with E-state index in [0.29, 0.717) is 30.5 Å². The van der Waals surface area contributed by atoms with Crippen LogP contribution in [0.2, 0.25) is 0 Å². The van der Waals surface area contributed by atoms with Crippen molar-refractivity contribution in [3.8, 4) is 0 Å². The Morgan fingerprint density at radius 2 is 1.83 bits per heavy atom. The van der Waals surface area contributed by atoms with Crippen LogP contribution in [0.15, 0.2) is 24.3 Å². The quantitative estimate of drug-likeness (QED) is 0.889. The minimum Gasteiger partial charge on any atom is -0.352 e. The van der Waals surface area contributed by atoms with Gasteiger partial charge in [-0.15, -0.1) is 0 Å². The molecule has 1 amide bonds. The molecule has 3 fully saturated rings. The van der Waals surface area contributed by atoms with Crippen molar-refractivity contribution in [1.29, 1.82) is 0 Å². The second-order valence-electron chi connectivity index (χ2n) is 7.44. The number of hydrogen-bond acceptors (Lipinski definition) is 2. The summed E-state index contributed by atoms with van der Waals surface area (Å²) >= 11 is 0. The van der Waals surface area contributed by atoms with Gasteiger partial charge in [-0.25, -0.2) is 0 Å². The van der Waals surface area contributed by atoms with Gasteiger partial charge >= 0.3 is 6.18 Å². The molecule has 1 aromatic carbocycles.